The minimum absolute atomic E-state index is 1.04. The normalized spacial score (nSPS) is 12.6. The van der Waals surface area contributed by atoms with Gasteiger partial charge in [0, 0.05) is 0 Å². The standard InChI is InChI=1S/C18H14/c1-3-14-9-6-10-17-12-16-8-5-4-7-15(16)11-13(2)18(14)17/h3-12H,1-2H2. The average Bonchev–Trinajstić information content (AvgIpc) is 2.54. The lowest BCUT2D eigenvalue weighted by Gasteiger charge is -2.09. The highest BCUT2D eigenvalue weighted by Crippen LogP contribution is 2.25. The third kappa shape index (κ3) is 1.63. The van der Waals surface area contributed by atoms with Crippen molar-refractivity contribution in [1.29, 1.82) is 0 Å². The van der Waals surface area contributed by atoms with E-state index in [1.165, 1.54) is 21.6 Å². The van der Waals surface area contributed by atoms with Gasteiger partial charge in [-0.1, -0.05) is 61.7 Å². The molecule has 0 aliphatic heterocycles. The van der Waals surface area contributed by atoms with Gasteiger partial charge in [-0.15, -0.1) is 0 Å². The predicted molar refractivity (Wildman–Crippen MR) is 79.3 cm³/mol. The molecule has 0 aromatic heterocycles. The van der Waals surface area contributed by atoms with Gasteiger partial charge in [0.1, 0.15) is 0 Å². The first-order valence-electron chi connectivity index (χ1n) is 6.03. The molecule has 0 unspecified atom stereocenters. The Kier molecular flexibility index (Phi) is 2.49. The predicted octanol–water partition coefficient (Wildman–Crippen LogP) is 2.97. The highest BCUT2D eigenvalue weighted by molar-refractivity contribution is 5.94. The highest BCUT2D eigenvalue weighted by Gasteiger charge is 2.08. The second kappa shape index (κ2) is 4.15. The number of benzene rings is 2. The lowest BCUT2D eigenvalue weighted by molar-refractivity contribution is 1.52. The van der Waals surface area contributed by atoms with Crippen molar-refractivity contribution in [2.24, 2.45) is 0 Å². The first-order chi connectivity index (χ1) is 8.79. The van der Waals surface area contributed by atoms with E-state index in [9.17, 15) is 0 Å². The maximum atomic E-state index is 4.20. The van der Waals surface area contributed by atoms with Crippen LogP contribution in [0.15, 0.2) is 55.6 Å². The van der Waals surface area contributed by atoms with Crippen LogP contribution in [0.4, 0.5) is 0 Å². The van der Waals surface area contributed by atoms with E-state index in [1.54, 1.807) is 0 Å². The minimum atomic E-state index is 1.04. The van der Waals surface area contributed by atoms with Crippen LogP contribution in [0.25, 0.3) is 23.8 Å². The van der Waals surface area contributed by atoms with Crippen LogP contribution >= 0.6 is 0 Å². The number of rotatable bonds is 1. The molecular weight excluding hydrogens is 216 g/mol. The molecule has 0 bridgehead atoms. The zero-order chi connectivity index (χ0) is 12.5. The lowest BCUT2D eigenvalue weighted by atomic mass is 9.95. The zero-order valence-electron chi connectivity index (χ0n) is 10.2. The number of hydrogen-bond acceptors (Lipinski definition) is 0. The van der Waals surface area contributed by atoms with Crippen molar-refractivity contribution in [3.8, 4) is 0 Å². The summed E-state index contributed by atoms with van der Waals surface area (Å²) < 4.78 is 0. The molecule has 0 spiro atoms. The van der Waals surface area contributed by atoms with E-state index in [1.807, 2.05) is 6.08 Å². The van der Waals surface area contributed by atoms with E-state index in [2.05, 4.69) is 67.8 Å². The summed E-state index contributed by atoms with van der Waals surface area (Å²) in [6, 6.07) is 14.6. The fraction of sp³-hybridized carbons (Fsp3) is 0. The molecule has 86 valence electrons. The Morgan fingerprint density at radius 3 is 2.28 bits per heavy atom. The summed E-state index contributed by atoms with van der Waals surface area (Å²) in [5.74, 6) is 0. The van der Waals surface area contributed by atoms with Crippen LogP contribution in [0.5, 0.6) is 0 Å². The van der Waals surface area contributed by atoms with Crippen LogP contribution in [0.2, 0.25) is 0 Å². The van der Waals surface area contributed by atoms with Crippen molar-refractivity contribution in [1.82, 2.24) is 0 Å². The average molecular weight is 230 g/mol. The van der Waals surface area contributed by atoms with Crippen molar-refractivity contribution >= 4 is 23.8 Å². The Morgan fingerprint density at radius 2 is 1.56 bits per heavy atom. The zero-order valence-corrected chi connectivity index (χ0v) is 10.2. The van der Waals surface area contributed by atoms with Crippen molar-refractivity contribution < 1.29 is 0 Å². The van der Waals surface area contributed by atoms with E-state index >= 15 is 0 Å². The van der Waals surface area contributed by atoms with Crippen molar-refractivity contribution in [2.45, 2.75) is 0 Å². The van der Waals surface area contributed by atoms with Gasteiger partial charge in [0.05, 0.1) is 0 Å². The molecule has 2 aromatic rings. The Labute approximate surface area is 107 Å². The molecule has 0 saturated carbocycles. The van der Waals surface area contributed by atoms with Gasteiger partial charge in [0.25, 0.3) is 0 Å². The molecule has 1 aliphatic rings. The van der Waals surface area contributed by atoms with Crippen LogP contribution in [-0.2, 0) is 0 Å². The van der Waals surface area contributed by atoms with E-state index in [0.29, 0.717) is 0 Å². The molecule has 0 fully saturated rings. The molecular formula is C18H14. The van der Waals surface area contributed by atoms with Crippen molar-refractivity contribution in [3.05, 3.63) is 82.8 Å². The third-order valence-electron chi connectivity index (χ3n) is 3.31. The Morgan fingerprint density at radius 1 is 0.833 bits per heavy atom. The summed E-state index contributed by atoms with van der Waals surface area (Å²) in [6.45, 7) is 8.08. The summed E-state index contributed by atoms with van der Waals surface area (Å²) in [7, 11) is 0. The molecule has 0 N–H and O–H groups in total. The summed E-state index contributed by atoms with van der Waals surface area (Å²) in [5, 5.41) is 2.45. The van der Waals surface area contributed by atoms with Crippen molar-refractivity contribution in [2.75, 3.05) is 0 Å². The Balaban J connectivity index is 2.44. The van der Waals surface area contributed by atoms with Crippen LogP contribution < -0.4 is 10.4 Å². The minimum Gasteiger partial charge on any atom is -0.0984 e. The lowest BCUT2D eigenvalue weighted by Crippen LogP contribution is -2.22. The SMILES string of the molecule is C=Cc1cccc2c1C(=C)C=c1ccccc1=C2. The van der Waals surface area contributed by atoms with Gasteiger partial charge in [-0.3, -0.25) is 0 Å². The molecule has 3 rings (SSSR count). The highest BCUT2D eigenvalue weighted by atomic mass is 14.1. The van der Waals surface area contributed by atoms with Gasteiger partial charge < -0.3 is 0 Å². The van der Waals surface area contributed by atoms with Crippen LogP contribution in [0, 0.1) is 0 Å². The van der Waals surface area contributed by atoms with Crippen LogP contribution in [0.1, 0.15) is 16.7 Å². The second-order valence-electron chi connectivity index (χ2n) is 4.46. The first-order valence-corrected chi connectivity index (χ1v) is 6.03. The second-order valence-corrected chi connectivity index (χ2v) is 4.46. The van der Waals surface area contributed by atoms with E-state index in [-0.39, 0.29) is 0 Å². The van der Waals surface area contributed by atoms with Gasteiger partial charge in [0.15, 0.2) is 0 Å². The maximum Gasteiger partial charge on any atom is -0.00446 e. The molecule has 0 atom stereocenters. The summed E-state index contributed by atoms with van der Waals surface area (Å²) in [4.78, 5) is 0. The molecule has 0 heterocycles. The number of allylic oxidation sites excluding steroid dienone is 1. The van der Waals surface area contributed by atoms with E-state index < -0.39 is 0 Å². The largest absolute Gasteiger partial charge is 0.0984 e. The van der Waals surface area contributed by atoms with E-state index in [4.69, 9.17) is 0 Å². The summed E-state index contributed by atoms with van der Waals surface area (Å²) in [5.41, 5.74) is 4.57. The fourth-order valence-electron chi connectivity index (χ4n) is 2.45. The first kappa shape index (κ1) is 10.8. The van der Waals surface area contributed by atoms with Gasteiger partial charge >= 0.3 is 0 Å². The quantitative estimate of drug-likeness (QED) is 0.706. The van der Waals surface area contributed by atoms with Gasteiger partial charge in [-0.2, -0.15) is 0 Å². The maximum absolute atomic E-state index is 4.20. The molecule has 1 aliphatic carbocycles. The Bertz CT molecular complexity index is 761. The molecule has 2 aromatic carbocycles. The Hall–Kier alpha value is -2.34. The van der Waals surface area contributed by atoms with Gasteiger partial charge in [-0.25, -0.2) is 0 Å². The smallest absolute Gasteiger partial charge is 0.00446 e. The summed E-state index contributed by atoms with van der Waals surface area (Å²) >= 11 is 0. The van der Waals surface area contributed by atoms with Crippen molar-refractivity contribution in [3.63, 3.8) is 0 Å². The summed E-state index contributed by atoms with van der Waals surface area (Å²) in [6.07, 6.45) is 6.25. The topological polar surface area (TPSA) is 0 Å². The molecule has 0 radical (unpaired) electrons. The molecule has 0 heteroatoms. The molecule has 0 amide bonds. The third-order valence-corrected chi connectivity index (χ3v) is 3.31. The molecule has 18 heavy (non-hydrogen) atoms. The molecule has 0 saturated heterocycles. The molecule has 0 nitrogen and oxygen atoms in total. The fourth-order valence-corrected chi connectivity index (χ4v) is 2.45. The van der Waals surface area contributed by atoms with Gasteiger partial charge in [-0.05, 0) is 44.9 Å². The monoisotopic (exact) mass is 230 g/mol. The number of fused-ring (bicyclic) bond motifs is 2. The van der Waals surface area contributed by atoms with Crippen LogP contribution in [0.3, 0.4) is 0 Å². The van der Waals surface area contributed by atoms with Gasteiger partial charge in [0.2, 0.25) is 0 Å². The van der Waals surface area contributed by atoms with Crippen LogP contribution in [-0.4, -0.2) is 0 Å². The van der Waals surface area contributed by atoms with E-state index in [0.717, 1.165) is 11.1 Å². The number of hydrogen-bond donors (Lipinski definition) is 0.